The molecule has 0 saturated heterocycles. The Bertz CT molecular complexity index is 1050. The standard InChI is InChI=1S/C22H18Br2FN3O2/c1-14-4-2-3-5-20(14)27-22(29)28-26-12-16-10-18(23)21(19(24)11-16)30-13-15-6-8-17(25)9-7-15/h2-12H,13H2,1H3,(H2,27,28,29). The number of para-hydroxylation sites is 1. The van der Waals surface area contributed by atoms with E-state index in [2.05, 4.69) is 47.7 Å². The number of hydrogen-bond acceptors (Lipinski definition) is 3. The summed E-state index contributed by atoms with van der Waals surface area (Å²) in [6, 6.07) is 16.8. The molecule has 0 aliphatic rings. The maximum atomic E-state index is 13.0. The van der Waals surface area contributed by atoms with Crippen LogP contribution in [-0.2, 0) is 6.61 Å². The fourth-order valence-corrected chi connectivity index (χ4v) is 4.01. The van der Waals surface area contributed by atoms with Gasteiger partial charge in [-0.3, -0.25) is 0 Å². The van der Waals surface area contributed by atoms with Crippen LogP contribution < -0.4 is 15.5 Å². The van der Waals surface area contributed by atoms with Crippen molar-refractivity contribution < 1.29 is 13.9 Å². The molecule has 0 saturated carbocycles. The number of carbonyl (C=O) groups excluding carboxylic acids is 1. The van der Waals surface area contributed by atoms with Gasteiger partial charge in [0.15, 0.2) is 0 Å². The molecule has 154 valence electrons. The first kappa shape index (κ1) is 22.0. The number of rotatable bonds is 6. The van der Waals surface area contributed by atoms with E-state index < -0.39 is 6.03 Å². The van der Waals surface area contributed by atoms with Gasteiger partial charge in [0.1, 0.15) is 18.2 Å². The fraction of sp³-hybridized carbons (Fsp3) is 0.0909. The molecular formula is C22H18Br2FN3O2. The van der Waals surface area contributed by atoms with Crippen LogP contribution in [0.5, 0.6) is 5.75 Å². The number of carbonyl (C=O) groups is 1. The summed E-state index contributed by atoms with van der Waals surface area (Å²) >= 11 is 6.96. The number of anilines is 1. The molecule has 3 aromatic rings. The SMILES string of the molecule is Cc1ccccc1NC(=O)NN=Cc1cc(Br)c(OCc2ccc(F)cc2)c(Br)c1. The van der Waals surface area contributed by atoms with Gasteiger partial charge in [0.2, 0.25) is 0 Å². The smallest absolute Gasteiger partial charge is 0.339 e. The van der Waals surface area contributed by atoms with Crippen LogP contribution >= 0.6 is 31.9 Å². The number of hydrogen-bond donors (Lipinski definition) is 2. The van der Waals surface area contributed by atoms with Gasteiger partial charge in [-0.05, 0) is 85.8 Å². The number of nitrogens with zero attached hydrogens (tertiary/aromatic N) is 1. The summed E-state index contributed by atoms with van der Waals surface area (Å²) < 4.78 is 20.3. The maximum absolute atomic E-state index is 13.0. The molecule has 5 nitrogen and oxygen atoms in total. The highest BCUT2D eigenvalue weighted by atomic mass is 79.9. The van der Waals surface area contributed by atoms with Crippen molar-refractivity contribution >= 4 is 49.8 Å². The van der Waals surface area contributed by atoms with Crippen LogP contribution in [0.4, 0.5) is 14.9 Å². The molecule has 0 unspecified atom stereocenters. The van der Waals surface area contributed by atoms with Crippen molar-refractivity contribution in [2.75, 3.05) is 5.32 Å². The third-order valence-corrected chi connectivity index (χ3v) is 5.27. The van der Waals surface area contributed by atoms with Gasteiger partial charge in [-0.2, -0.15) is 5.10 Å². The number of halogens is 3. The lowest BCUT2D eigenvalue weighted by Crippen LogP contribution is -2.24. The molecule has 3 rings (SSSR count). The number of urea groups is 1. The molecule has 0 spiro atoms. The van der Waals surface area contributed by atoms with E-state index in [1.54, 1.807) is 12.1 Å². The number of ether oxygens (including phenoxy) is 1. The van der Waals surface area contributed by atoms with Crippen LogP contribution in [0.1, 0.15) is 16.7 Å². The van der Waals surface area contributed by atoms with Gasteiger partial charge in [0.25, 0.3) is 0 Å². The predicted octanol–water partition coefficient (Wildman–Crippen LogP) is 6.39. The molecule has 0 aliphatic heterocycles. The van der Waals surface area contributed by atoms with Crippen molar-refractivity contribution in [1.82, 2.24) is 5.43 Å². The van der Waals surface area contributed by atoms with Crippen molar-refractivity contribution in [1.29, 1.82) is 0 Å². The van der Waals surface area contributed by atoms with E-state index >= 15 is 0 Å². The molecule has 0 heterocycles. The molecule has 30 heavy (non-hydrogen) atoms. The second kappa shape index (κ2) is 10.4. The zero-order chi connectivity index (χ0) is 21.5. The predicted molar refractivity (Wildman–Crippen MR) is 124 cm³/mol. The first-order valence-electron chi connectivity index (χ1n) is 8.94. The molecule has 0 radical (unpaired) electrons. The number of benzene rings is 3. The lowest BCUT2D eigenvalue weighted by Gasteiger charge is -2.11. The average molecular weight is 535 g/mol. The van der Waals surface area contributed by atoms with E-state index in [1.165, 1.54) is 18.3 Å². The second-order valence-electron chi connectivity index (χ2n) is 6.37. The van der Waals surface area contributed by atoms with E-state index in [0.29, 0.717) is 21.3 Å². The van der Waals surface area contributed by atoms with Crippen molar-refractivity contribution in [2.45, 2.75) is 13.5 Å². The van der Waals surface area contributed by atoms with Crippen LogP contribution in [0.25, 0.3) is 0 Å². The Morgan fingerprint density at radius 1 is 1.10 bits per heavy atom. The summed E-state index contributed by atoms with van der Waals surface area (Å²) in [5, 5.41) is 6.71. The molecule has 0 bridgehead atoms. The minimum absolute atomic E-state index is 0.286. The van der Waals surface area contributed by atoms with Crippen molar-refractivity contribution in [3.63, 3.8) is 0 Å². The third kappa shape index (κ3) is 6.14. The summed E-state index contributed by atoms with van der Waals surface area (Å²) in [6.45, 7) is 2.21. The Balaban J connectivity index is 1.59. The molecule has 0 fully saturated rings. The molecule has 0 atom stereocenters. The minimum Gasteiger partial charge on any atom is -0.487 e. The number of amides is 2. The number of hydrazone groups is 1. The van der Waals surface area contributed by atoms with Gasteiger partial charge in [-0.15, -0.1) is 0 Å². The van der Waals surface area contributed by atoms with Crippen LogP contribution in [0.3, 0.4) is 0 Å². The lowest BCUT2D eigenvalue weighted by molar-refractivity contribution is 0.252. The van der Waals surface area contributed by atoms with Gasteiger partial charge in [-0.25, -0.2) is 14.6 Å². The Hall–Kier alpha value is -2.71. The maximum Gasteiger partial charge on any atom is 0.339 e. The van der Waals surface area contributed by atoms with Crippen molar-refractivity contribution in [2.24, 2.45) is 5.10 Å². The highest BCUT2D eigenvalue weighted by Crippen LogP contribution is 2.35. The molecule has 3 aromatic carbocycles. The molecule has 0 aromatic heterocycles. The summed E-state index contributed by atoms with van der Waals surface area (Å²) in [7, 11) is 0. The van der Waals surface area contributed by atoms with Crippen LogP contribution in [0.2, 0.25) is 0 Å². The number of nitrogens with one attached hydrogen (secondary N) is 2. The Labute approximate surface area is 190 Å². The highest BCUT2D eigenvalue weighted by molar-refractivity contribution is 9.11. The summed E-state index contributed by atoms with van der Waals surface area (Å²) in [5.41, 5.74) is 5.72. The van der Waals surface area contributed by atoms with E-state index in [-0.39, 0.29) is 5.82 Å². The largest absolute Gasteiger partial charge is 0.487 e. The zero-order valence-electron chi connectivity index (χ0n) is 16.0. The first-order valence-corrected chi connectivity index (χ1v) is 10.5. The summed E-state index contributed by atoms with van der Waals surface area (Å²) in [4.78, 5) is 12.0. The van der Waals surface area contributed by atoms with Crippen molar-refractivity contribution in [3.05, 3.63) is 92.1 Å². The van der Waals surface area contributed by atoms with E-state index in [1.807, 2.05) is 43.3 Å². The van der Waals surface area contributed by atoms with E-state index in [4.69, 9.17) is 4.74 Å². The second-order valence-corrected chi connectivity index (χ2v) is 8.08. The third-order valence-electron chi connectivity index (χ3n) is 4.09. The summed E-state index contributed by atoms with van der Waals surface area (Å²) in [5.74, 6) is 0.327. The highest BCUT2D eigenvalue weighted by Gasteiger charge is 2.09. The van der Waals surface area contributed by atoms with Gasteiger partial charge in [0.05, 0.1) is 15.2 Å². The molecule has 2 N–H and O–H groups in total. The quantitative estimate of drug-likeness (QED) is 0.284. The average Bonchev–Trinajstić information content (AvgIpc) is 2.70. The lowest BCUT2D eigenvalue weighted by atomic mass is 10.2. The van der Waals surface area contributed by atoms with Crippen LogP contribution in [-0.4, -0.2) is 12.2 Å². The van der Waals surface area contributed by atoms with Gasteiger partial charge in [-0.1, -0.05) is 30.3 Å². The topological polar surface area (TPSA) is 62.7 Å². The Morgan fingerprint density at radius 2 is 1.77 bits per heavy atom. The molecular weight excluding hydrogens is 517 g/mol. The van der Waals surface area contributed by atoms with Crippen LogP contribution in [0, 0.1) is 12.7 Å². The fourth-order valence-electron chi connectivity index (χ4n) is 2.56. The van der Waals surface area contributed by atoms with Gasteiger partial charge < -0.3 is 10.1 Å². The van der Waals surface area contributed by atoms with Crippen LogP contribution in [0.15, 0.2) is 74.7 Å². The minimum atomic E-state index is -0.432. The first-order chi connectivity index (χ1) is 14.4. The van der Waals surface area contributed by atoms with Crippen molar-refractivity contribution in [3.8, 4) is 5.75 Å². The molecule has 0 aliphatic carbocycles. The molecule has 2 amide bonds. The summed E-state index contributed by atoms with van der Waals surface area (Å²) in [6.07, 6.45) is 1.52. The zero-order valence-corrected chi connectivity index (χ0v) is 19.1. The monoisotopic (exact) mass is 533 g/mol. The Kier molecular flexibility index (Phi) is 7.59. The van der Waals surface area contributed by atoms with E-state index in [0.717, 1.165) is 22.4 Å². The molecule has 8 heteroatoms. The Morgan fingerprint density at radius 3 is 2.43 bits per heavy atom. The number of aryl methyl sites for hydroxylation is 1. The van der Waals surface area contributed by atoms with E-state index in [9.17, 15) is 9.18 Å². The normalized spacial score (nSPS) is 10.8. The van der Waals surface area contributed by atoms with Gasteiger partial charge >= 0.3 is 6.03 Å². The van der Waals surface area contributed by atoms with Gasteiger partial charge in [0, 0.05) is 5.69 Å².